The molecule has 1 heterocycles. The highest BCUT2D eigenvalue weighted by molar-refractivity contribution is 9.11. The van der Waals surface area contributed by atoms with Gasteiger partial charge < -0.3 is 5.73 Å². The highest BCUT2D eigenvalue weighted by atomic mass is 79.9. The summed E-state index contributed by atoms with van der Waals surface area (Å²) in [4.78, 5) is 1.37. The van der Waals surface area contributed by atoms with Crippen LogP contribution in [0.3, 0.4) is 0 Å². The topological polar surface area (TPSA) is 26.0 Å². The van der Waals surface area contributed by atoms with E-state index in [4.69, 9.17) is 5.73 Å². The average molecular weight is 280 g/mol. The lowest BCUT2D eigenvalue weighted by molar-refractivity contribution is 0.641. The maximum absolute atomic E-state index is 6.04. The van der Waals surface area contributed by atoms with Gasteiger partial charge in [0.05, 0.1) is 9.04 Å². The second-order valence-corrected chi connectivity index (χ2v) is 6.34. The van der Waals surface area contributed by atoms with E-state index in [0.29, 0.717) is 5.25 Å². The van der Waals surface area contributed by atoms with Gasteiger partial charge in [0.2, 0.25) is 0 Å². The Morgan fingerprint density at radius 2 is 2.31 bits per heavy atom. The Hall–Kier alpha value is 0.490. The Labute approximate surface area is 96.2 Å². The van der Waals surface area contributed by atoms with Gasteiger partial charge in [-0.15, -0.1) is 11.3 Å². The lowest BCUT2D eigenvalue weighted by Gasteiger charge is -2.19. The molecule has 0 amide bonds. The van der Waals surface area contributed by atoms with E-state index in [2.05, 4.69) is 41.2 Å². The van der Waals surface area contributed by atoms with Crippen LogP contribution < -0.4 is 5.73 Å². The second kappa shape index (κ2) is 5.39. The molecule has 13 heavy (non-hydrogen) atoms. The molecule has 4 heteroatoms. The molecule has 0 fully saturated rings. The van der Waals surface area contributed by atoms with Gasteiger partial charge in [-0.3, -0.25) is 0 Å². The second-order valence-electron chi connectivity index (χ2n) is 2.87. The molecule has 0 aliphatic carbocycles. The van der Waals surface area contributed by atoms with Crippen LogP contribution in [-0.2, 0) is 0 Å². The Morgan fingerprint density at radius 1 is 1.62 bits per heavy atom. The Kier molecular flexibility index (Phi) is 4.80. The molecule has 2 N–H and O–H groups in total. The van der Waals surface area contributed by atoms with Crippen LogP contribution in [0.5, 0.6) is 0 Å². The van der Waals surface area contributed by atoms with E-state index in [9.17, 15) is 0 Å². The number of nitrogens with two attached hydrogens (primary N) is 1. The van der Waals surface area contributed by atoms with Crippen LogP contribution in [-0.4, -0.2) is 12.3 Å². The summed E-state index contributed by atoms with van der Waals surface area (Å²) in [6.45, 7) is 2.14. The minimum atomic E-state index is 0.264. The molecule has 0 aliphatic heterocycles. The monoisotopic (exact) mass is 279 g/mol. The summed E-state index contributed by atoms with van der Waals surface area (Å²) in [6.07, 6.45) is 3.15. The molecule has 1 nitrogen and oxygen atoms in total. The first-order chi connectivity index (χ1) is 6.19. The smallest absolute Gasteiger partial charge is 0.0701 e. The van der Waals surface area contributed by atoms with Gasteiger partial charge in [0.1, 0.15) is 0 Å². The summed E-state index contributed by atoms with van der Waals surface area (Å²) in [6, 6.07) is 4.51. The number of rotatable bonds is 4. The Morgan fingerprint density at radius 3 is 2.69 bits per heavy atom. The van der Waals surface area contributed by atoms with Crippen molar-refractivity contribution in [2.75, 3.05) is 6.26 Å². The molecule has 1 rings (SSSR count). The van der Waals surface area contributed by atoms with Crippen LogP contribution in [0.15, 0.2) is 15.9 Å². The van der Waals surface area contributed by atoms with Gasteiger partial charge in [-0.25, -0.2) is 0 Å². The van der Waals surface area contributed by atoms with Crippen LogP contribution in [0.2, 0.25) is 0 Å². The van der Waals surface area contributed by atoms with Gasteiger partial charge >= 0.3 is 0 Å². The van der Waals surface area contributed by atoms with Gasteiger partial charge in [-0.05, 0) is 40.7 Å². The molecule has 2 atom stereocenters. The molecular formula is C9H14BrNS2. The third kappa shape index (κ3) is 2.98. The molecule has 0 radical (unpaired) electrons. The summed E-state index contributed by atoms with van der Waals surface area (Å²) in [5.41, 5.74) is 6.04. The van der Waals surface area contributed by atoms with Gasteiger partial charge in [0, 0.05) is 10.9 Å². The van der Waals surface area contributed by atoms with Crippen LogP contribution in [0.25, 0.3) is 0 Å². The fourth-order valence-electron chi connectivity index (χ4n) is 1.20. The van der Waals surface area contributed by atoms with Gasteiger partial charge in [-0.2, -0.15) is 11.8 Å². The van der Waals surface area contributed by atoms with Crippen molar-refractivity contribution in [1.29, 1.82) is 0 Å². The molecule has 0 aromatic carbocycles. The predicted octanol–water partition coefficient (Wildman–Crippen LogP) is 3.65. The summed E-state index contributed by atoms with van der Waals surface area (Å²) in [5.74, 6) is 0. The van der Waals surface area contributed by atoms with Gasteiger partial charge in [0.25, 0.3) is 0 Å². The number of thioether (sulfide) groups is 1. The van der Waals surface area contributed by atoms with Crippen LogP contribution in [0, 0.1) is 0 Å². The highest BCUT2D eigenvalue weighted by Crippen LogP contribution is 2.36. The minimum absolute atomic E-state index is 0.264. The molecular weight excluding hydrogens is 266 g/mol. The Bertz CT molecular complexity index is 262. The van der Waals surface area contributed by atoms with Crippen molar-refractivity contribution in [2.45, 2.75) is 24.6 Å². The minimum Gasteiger partial charge on any atom is -0.326 e. The van der Waals surface area contributed by atoms with Crippen LogP contribution in [0.1, 0.15) is 23.5 Å². The first kappa shape index (κ1) is 11.6. The highest BCUT2D eigenvalue weighted by Gasteiger charge is 2.18. The van der Waals surface area contributed by atoms with Crippen molar-refractivity contribution in [1.82, 2.24) is 0 Å². The maximum Gasteiger partial charge on any atom is 0.0701 e. The molecule has 0 saturated carbocycles. The van der Waals surface area contributed by atoms with Gasteiger partial charge in [-0.1, -0.05) is 6.92 Å². The van der Waals surface area contributed by atoms with Crippen molar-refractivity contribution in [3.8, 4) is 0 Å². The lowest BCUT2D eigenvalue weighted by Crippen LogP contribution is -2.24. The zero-order valence-corrected chi connectivity index (χ0v) is 11.0. The molecule has 2 unspecified atom stereocenters. The third-order valence-electron chi connectivity index (χ3n) is 1.99. The quantitative estimate of drug-likeness (QED) is 0.911. The molecule has 0 saturated heterocycles. The van der Waals surface area contributed by atoms with E-state index in [-0.39, 0.29) is 6.04 Å². The van der Waals surface area contributed by atoms with Crippen molar-refractivity contribution in [3.63, 3.8) is 0 Å². The van der Waals surface area contributed by atoms with E-state index in [1.54, 1.807) is 11.3 Å². The van der Waals surface area contributed by atoms with E-state index >= 15 is 0 Å². The lowest BCUT2D eigenvalue weighted by atomic mass is 10.1. The normalized spacial score (nSPS) is 15.7. The van der Waals surface area contributed by atoms with Gasteiger partial charge in [0.15, 0.2) is 0 Å². The van der Waals surface area contributed by atoms with Crippen molar-refractivity contribution < 1.29 is 0 Å². The van der Waals surface area contributed by atoms with Crippen LogP contribution >= 0.6 is 39.0 Å². The van der Waals surface area contributed by atoms with Crippen molar-refractivity contribution >= 4 is 39.0 Å². The fourth-order valence-corrected chi connectivity index (χ4v) is 3.96. The standard InChI is InChI=1S/C9H14BrNS2/c1-3-6(11)9(12-2)7-4-5-8(10)13-7/h4-6,9H,3,11H2,1-2H3. The molecule has 0 bridgehead atoms. The van der Waals surface area contributed by atoms with E-state index in [1.165, 1.54) is 8.66 Å². The molecule has 74 valence electrons. The Balaban J connectivity index is 2.77. The fraction of sp³-hybridized carbons (Fsp3) is 0.556. The molecule has 1 aromatic heterocycles. The van der Waals surface area contributed by atoms with Crippen LogP contribution in [0.4, 0.5) is 0 Å². The van der Waals surface area contributed by atoms with E-state index < -0.39 is 0 Å². The van der Waals surface area contributed by atoms with Crippen molar-refractivity contribution in [2.24, 2.45) is 5.73 Å². The SMILES string of the molecule is CCC(N)C(SC)c1ccc(Br)s1. The number of halogens is 1. The molecule has 1 aromatic rings. The largest absolute Gasteiger partial charge is 0.326 e. The van der Waals surface area contributed by atoms with E-state index in [1.807, 2.05) is 11.8 Å². The van der Waals surface area contributed by atoms with E-state index in [0.717, 1.165) is 6.42 Å². The van der Waals surface area contributed by atoms with Crippen molar-refractivity contribution in [3.05, 3.63) is 20.8 Å². The summed E-state index contributed by atoms with van der Waals surface area (Å²) >= 11 is 7.08. The molecule has 0 spiro atoms. The third-order valence-corrected chi connectivity index (χ3v) is 4.96. The summed E-state index contributed by atoms with van der Waals surface area (Å²) in [5, 5.41) is 0.446. The average Bonchev–Trinajstić information content (AvgIpc) is 2.53. The first-order valence-electron chi connectivity index (χ1n) is 4.22. The predicted molar refractivity (Wildman–Crippen MR) is 66.5 cm³/mol. The molecule has 0 aliphatic rings. The maximum atomic E-state index is 6.04. The summed E-state index contributed by atoms with van der Waals surface area (Å²) < 4.78 is 1.19. The first-order valence-corrected chi connectivity index (χ1v) is 7.12. The zero-order chi connectivity index (χ0) is 9.84. The number of hydrogen-bond donors (Lipinski definition) is 1. The zero-order valence-electron chi connectivity index (χ0n) is 7.79. The number of thiophene rings is 1. The summed E-state index contributed by atoms with van der Waals surface area (Å²) in [7, 11) is 0. The number of hydrogen-bond acceptors (Lipinski definition) is 3.